The van der Waals surface area contributed by atoms with Gasteiger partial charge in [-0.25, -0.2) is 0 Å². The van der Waals surface area contributed by atoms with Crippen molar-refractivity contribution in [2.45, 2.75) is 40.5 Å². The van der Waals surface area contributed by atoms with E-state index >= 15 is 0 Å². The van der Waals surface area contributed by atoms with Crippen LogP contribution in [0.15, 0.2) is 40.2 Å². The fourth-order valence-electron chi connectivity index (χ4n) is 1.83. The van der Waals surface area contributed by atoms with Crippen molar-refractivity contribution in [2.24, 2.45) is 5.10 Å². The van der Waals surface area contributed by atoms with Crippen LogP contribution in [0.4, 0.5) is 0 Å². The maximum absolute atomic E-state index is 4.41. The lowest BCUT2D eigenvalue weighted by atomic mass is 9.94. The summed E-state index contributed by atoms with van der Waals surface area (Å²) in [4.78, 5) is 0. The van der Waals surface area contributed by atoms with Crippen LogP contribution in [0.5, 0.6) is 0 Å². The first-order valence-corrected chi connectivity index (χ1v) is 5.61. The van der Waals surface area contributed by atoms with Crippen LogP contribution in [0.25, 0.3) is 0 Å². The molecule has 15 heavy (non-hydrogen) atoms. The van der Waals surface area contributed by atoms with Crippen molar-refractivity contribution < 1.29 is 0 Å². The molecule has 0 bridgehead atoms. The van der Waals surface area contributed by atoms with Crippen molar-refractivity contribution >= 4 is 5.71 Å². The molecule has 0 unspecified atom stereocenters. The minimum absolute atomic E-state index is 1.03. The topological polar surface area (TPSA) is 24.4 Å². The summed E-state index contributed by atoms with van der Waals surface area (Å²) in [7, 11) is 0. The van der Waals surface area contributed by atoms with Crippen molar-refractivity contribution in [1.29, 1.82) is 0 Å². The van der Waals surface area contributed by atoms with Gasteiger partial charge in [0.05, 0.1) is 11.4 Å². The number of allylic oxidation sites excluding steroid dienone is 4. The van der Waals surface area contributed by atoms with Crippen LogP contribution < -0.4 is 5.43 Å². The molecule has 0 aromatic heterocycles. The SMILES string of the molecule is CC=C1NN=C(CCC)C(=CC)C1=CC. The van der Waals surface area contributed by atoms with Crippen molar-refractivity contribution in [3.05, 3.63) is 35.1 Å². The van der Waals surface area contributed by atoms with Crippen molar-refractivity contribution in [1.82, 2.24) is 5.43 Å². The Morgan fingerprint density at radius 3 is 2.20 bits per heavy atom. The van der Waals surface area contributed by atoms with E-state index in [2.05, 4.69) is 49.5 Å². The van der Waals surface area contributed by atoms with Crippen LogP contribution in [-0.2, 0) is 0 Å². The number of hydrazone groups is 1. The molecule has 1 aliphatic rings. The van der Waals surface area contributed by atoms with E-state index in [1.807, 2.05) is 6.92 Å². The highest BCUT2D eigenvalue weighted by Gasteiger charge is 2.18. The summed E-state index contributed by atoms with van der Waals surface area (Å²) in [5.74, 6) is 0. The second-order valence-corrected chi connectivity index (χ2v) is 3.53. The number of rotatable bonds is 2. The first-order chi connectivity index (χ1) is 7.28. The quantitative estimate of drug-likeness (QED) is 0.731. The molecule has 0 radical (unpaired) electrons. The van der Waals surface area contributed by atoms with Gasteiger partial charge in [0.2, 0.25) is 0 Å². The molecule has 0 amide bonds. The molecule has 1 aliphatic heterocycles. The Kier molecular flexibility index (Phi) is 4.35. The molecule has 0 saturated carbocycles. The maximum atomic E-state index is 4.41. The van der Waals surface area contributed by atoms with E-state index in [0.29, 0.717) is 0 Å². The van der Waals surface area contributed by atoms with E-state index in [1.54, 1.807) is 0 Å². The fraction of sp³-hybridized carbons (Fsp3) is 0.462. The van der Waals surface area contributed by atoms with Crippen molar-refractivity contribution in [2.75, 3.05) is 0 Å². The molecule has 0 fully saturated rings. The van der Waals surface area contributed by atoms with Crippen LogP contribution in [-0.4, -0.2) is 5.71 Å². The Hall–Kier alpha value is -1.31. The molecule has 0 aliphatic carbocycles. The van der Waals surface area contributed by atoms with Gasteiger partial charge in [-0.05, 0) is 27.2 Å². The molecule has 2 heteroatoms. The molecule has 0 saturated heterocycles. The van der Waals surface area contributed by atoms with Crippen LogP contribution in [0.1, 0.15) is 40.5 Å². The lowest BCUT2D eigenvalue weighted by Crippen LogP contribution is -2.22. The van der Waals surface area contributed by atoms with Crippen LogP contribution in [0.3, 0.4) is 0 Å². The summed E-state index contributed by atoms with van der Waals surface area (Å²) in [6.07, 6.45) is 8.50. The number of nitrogens with zero attached hydrogens (tertiary/aromatic N) is 1. The zero-order valence-corrected chi connectivity index (χ0v) is 10.1. The van der Waals surface area contributed by atoms with Crippen LogP contribution in [0.2, 0.25) is 0 Å². The van der Waals surface area contributed by atoms with E-state index in [0.717, 1.165) is 18.5 Å². The molecule has 0 aromatic rings. The summed E-state index contributed by atoms with van der Waals surface area (Å²) in [6.45, 7) is 8.34. The molecule has 0 spiro atoms. The standard InChI is InChI=1S/C13H20N2/c1-5-9-13-11(7-3)10(6-2)12(8-4)14-15-13/h6-8,14H,5,9H2,1-4H3. The Morgan fingerprint density at radius 1 is 1.07 bits per heavy atom. The average Bonchev–Trinajstić information content (AvgIpc) is 2.28. The summed E-state index contributed by atoms with van der Waals surface area (Å²) in [5.41, 5.74) is 7.91. The molecule has 0 atom stereocenters. The first-order valence-electron chi connectivity index (χ1n) is 5.61. The molecule has 82 valence electrons. The molecule has 1 rings (SSSR count). The van der Waals surface area contributed by atoms with Gasteiger partial charge in [0, 0.05) is 11.1 Å². The molecule has 1 heterocycles. The van der Waals surface area contributed by atoms with Gasteiger partial charge in [-0.1, -0.05) is 31.6 Å². The van der Waals surface area contributed by atoms with Gasteiger partial charge < -0.3 is 0 Å². The summed E-state index contributed by atoms with van der Waals surface area (Å²) >= 11 is 0. The molecule has 0 aromatic carbocycles. The van der Waals surface area contributed by atoms with E-state index in [1.165, 1.54) is 16.9 Å². The third-order valence-corrected chi connectivity index (χ3v) is 2.56. The zero-order valence-electron chi connectivity index (χ0n) is 10.1. The predicted molar refractivity (Wildman–Crippen MR) is 66.7 cm³/mol. The van der Waals surface area contributed by atoms with Crippen molar-refractivity contribution in [3.8, 4) is 0 Å². The Bertz CT molecular complexity index is 344. The summed E-state index contributed by atoms with van der Waals surface area (Å²) in [6, 6.07) is 0. The second-order valence-electron chi connectivity index (χ2n) is 3.53. The largest absolute Gasteiger partial charge is 0.278 e. The smallest absolute Gasteiger partial charge is 0.0682 e. The molecule has 1 N–H and O–H groups in total. The molecular formula is C13H20N2. The number of nitrogens with one attached hydrogen (secondary N) is 1. The van der Waals surface area contributed by atoms with Crippen molar-refractivity contribution in [3.63, 3.8) is 0 Å². The van der Waals surface area contributed by atoms with E-state index in [-0.39, 0.29) is 0 Å². The number of hydrogen-bond acceptors (Lipinski definition) is 2. The molecule has 2 nitrogen and oxygen atoms in total. The highest BCUT2D eigenvalue weighted by atomic mass is 15.3. The van der Waals surface area contributed by atoms with Gasteiger partial charge in [-0.2, -0.15) is 5.10 Å². The second kappa shape index (κ2) is 5.54. The van der Waals surface area contributed by atoms with E-state index < -0.39 is 0 Å². The van der Waals surface area contributed by atoms with Gasteiger partial charge in [0.25, 0.3) is 0 Å². The molecular weight excluding hydrogens is 184 g/mol. The minimum Gasteiger partial charge on any atom is -0.278 e. The monoisotopic (exact) mass is 204 g/mol. The Morgan fingerprint density at radius 2 is 1.73 bits per heavy atom. The normalized spacial score (nSPS) is 24.5. The van der Waals surface area contributed by atoms with E-state index in [9.17, 15) is 0 Å². The summed E-state index contributed by atoms with van der Waals surface area (Å²) in [5, 5.41) is 4.41. The maximum Gasteiger partial charge on any atom is 0.0682 e. The Balaban J connectivity index is 3.12. The summed E-state index contributed by atoms with van der Waals surface area (Å²) < 4.78 is 0. The minimum atomic E-state index is 1.03. The lowest BCUT2D eigenvalue weighted by molar-refractivity contribution is 0.853. The van der Waals surface area contributed by atoms with E-state index in [4.69, 9.17) is 0 Å². The zero-order chi connectivity index (χ0) is 11.3. The first kappa shape index (κ1) is 11.8. The number of hydrogen-bond donors (Lipinski definition) is 1. The van der Waals surface area contributed by atoms with Gasteiger partial charge in [0.15, 0.2) is 0 Å². The lowest BCUT2D eigenvalue weighted by Gasteiger charge is -2.22. The predicted octanol–water partition coefficient (Wildman–Crippen LogP) is 3.54. The Labute approximate surface area is 92.5 Å². The highest BCUT2D eigenvalue weighted by Crippen LogP contribution is 2.24. The fourth-order valence-corrected chi connectivity index (χ4v) is 1.83. The third kappa shape index (κ3) is 2.38. The highest BCUT2D eigenvalue weighted by molar-refractivity contribution is 6.05. The van der Waals surface area contributed by atoms with Gasteiger partial charge in [-0.3, -0.25) is 5.43 Å². The van der Waals surface area contributed by atoms with Crippen LogP contribution in [0, 0.1) is 0 Å². The average molecular weight is 204 g/mol. The van der Waals surface area contributed by atoms with Gasteiger partial charge >= 0.3 is 0 Å². The van der Waals surface area contributed by atoms with Gasteiger partial charge in [0.1, 0.15) is 0 Å². The third-order valence-electron chi connectivity index (χ3n) is 2.56. The van der Waals surface area contributed by atoms with Crippen LogP contribution >= 0.6 is 0 Å². The van der Waals surface area contributed by atoms with Gasteiger partial charge in [-0.15, -0.1) is 0 Å².